The van der Waals surface area contributed by atoms with Gasteiger partial charge in [0.25, 0.3) is 0 Å². The summed E-state index contributed by atoms with van der Waals surface area (Å²) in [4.78, 5) is 13.2. The highest BCUT2D eigenvalue weighted by molar-refractivity contribution is 5.83. The molecule has 0 radical (unpaired) electrons. The van der Waals surface area contributed by atoms with Crippen molar-refractivity contribution in [3.63, 3.8) is 0 Å². The number of rotatable bonds is 7. The van der Waals surface area contributed by atoms with E-state index in [1.54, 1.807) is 0 Å². The molecule has 0 spiro atoms. The molecular weight excluding hydrogens is 394 g/mol. The summed E-state index contributed by atoms with van der Waals surface area (Å²) in [5, 5.41) is 10.7. The lowest BCUT2D eigenvalue weighted by molar-refractivity contribution is 0.0689. The number of ether oxygens (including phenoxy) is 2. The largest absolute Gasteiger partial charge is 0.494 e. The number of amides is 1. The van der Waals surface area contributed by atoms with Crippen LogP contribution >= 0.6 is 0 Å². The van der Waals surface area contributed by atoms with E-state index in [9.17, 15) is 9.90 Å². The Morgan fingerprint density at radius 2 is 1.71 bits per heavy atom. The first-order valence-corrected chi connectivity index (χ1v) is 10.5. The van der Waals surface area contributed by atoms with Crippen LogP contribution in [0.25, 0.3) is 11.0 Å². The third kappa shape index (κ3) is 4.95. The first kappa shape index (κ1) is 22.5. The lowest BCUT2D eigenvalue weighted by Gasteiger charge is -2.37. The number of hydrogen-bond donors (Lipinski definition) is 1. The number of benzene rings is 2. The summed E-state index contributed by atoms with van der Waals surface area (Å²) in [6.45, 7) is 12.5. The summed E-state index contributed by atoms with van der Waals surface area (Å²) in [6, 6.07) is 13.0. The van der Waals surface area contributed by atoms with Crippen LogP contribution in [0.4, 0.5) is 4.79 Å². The van der Waals surface area contributed by atoms with Gasteiger partial charge in [0.1, 0.15) is 29.4 Å². The van der Waals surface area contributed by atoms with Crippen molar-refractivity contribution < 1.29 is 23.8 Å². The van der Waals surface area contributed by atoms with Crippen LogP contribution in [0, 0.1) is 6.92 Å². The molecule has 6 nitrogen and oxygen atoms in total. The molecular formula is C25H31NO5. The van der Waals surface area contributed by atoms with Crippen molar-refractivity contribution >= 4 is 17.1 Å². The fourth-order valence-electron chi connectivity index (χ4n) is 3.80. The monoisotopic (exact) mass is 425 g/mol. The highest BCUT2D eigenvalue weighted by atomic mass is 16.5. The summed E-state index contributed by atoms with van der Waals surface area (Å²) >= 11 is 0. The number of carboxylic acid groups (broad SMARTS) is 1. The van der Waals surface area contributed by atoms with Gasteiger partial charge >= 0.3 is 6.09 Å². The summed E-state index contributed by atoms with van der Waals surface area (Å²) in [6.07, 6.45) is -0.971. The molecule has 0 aliphatic carbocycles. The number of nitrogens with zero attached hydrogens (tertiary/aromatic N) is 1. The van der Waals surface area contributed by atoms with Crippen molar-refractivity contribution in [3.05, 3.63) is 59.4 Å². The van der Waals surface area contributed by atoms with Gasteiger partial charge in [-0.05, 0) is 89.1 Å². The number of fused-ring (bicyclic) bond motifs is 1. The van der Waals surface area contributed by atoms with E-state index in [1.807, 2.05) is 84.0 Å². The average molecular weight is 426 g/mol. The molecule has 1 N–H and O–H groups in total. The quantitative estimate of drug-likeness (QED) is 0.464. The Balaban J connectivity index is 1.81. The molecule has 3 rings (SSSR count). The number of aryl methyl sites for hydroxylation is 1. The smallest absolute Gasteiger partial charge is 0.408 e. The molecule has 0 aliphatic rings. The van der Waals surface area contributed by atoms with E-state index in [-0.39, 0.29) is 0 Å². The second-order valence-corrected chi connectivity index (χ2v) is 8.60. The molecule has 6 heteroatoms. The predicted octanol–water partition coefficient (Wildman–Crippen LogP) is 6.56. The Morgan fingerprint density at radius 3 is 2.26 bits per heavy atom. The van der Waals surface area contributed by atoms with Gasteiger partial charge in [0.2, 0.25) is 0 Å². The van der Waals surface area contributed by atoms with E-state index >= 15 is 0 Å². The lowest BCUT2D eigenvalue weighted by Crippen LogP contribution is -2.46. The van der Waals surface area contributed by atoms with Crippen LogP contribution in [0.5, 0.6) is 11.5 Å². The topological polar surface area (TPSA) is 72.1 Å². The second kappa shape index (κ2) is 8.92. The maximum absolute atomic E-state index is 11.8. The Bertz CT molecular complexity index is 1050. The van der Waals surface area contributed by atoms with Crippen molar-refractivity contribution in [2.45, 2.75) is 59.7 Å². The van der Waals surface area contributed by atoms with Gasteiger partial charge in [-0.3, -0.25) is 4.90 Å². The molecule has 1 aromatic heterocycles. The highest BCUT2D eigenvalue weighted by Gasteiger charge is 2.33. The maximum atomic E-state index is 11.8. The second-order valence-electron chi connectivity index (χ2n) is 8.60. The van der Waals surface area contributed by atoms with Gasteiger partial charge in [-0.2, -0.15) is 0 Å². The van der Waals surface area contributed by atoms with E-state index in [1.165, 1.54) is 4.90 Å². The SMILES string of the molecule is CCOc1ccc(OCc2ccc3oc(C(C)N(C(=O)O)C(C)(C)C)cc3c2C)cc1. The molecule has 2 aromatic carbocycles. The fraction of sp³-hybridized carbons (Fsp3) is 0.400. The summed E-state index contributed by atoms with van der Waals surface area (Å²) < 4.78 is 17.4. The normalized spacial score (nSPS) is 12.6. The summed E-state index contributed by atoms with van der Waals surface area (Å²) in [5.41, 5.74) is 2.30. The van der Waals surface area contributed by atoms with Crippen LogP contribution < -0.4 is 9.47 Å². The van der Waals surface area contributed by atoms with Gasteiger partial charge in [0.05, 0.1) is 12.6 Å². The minimum atomic E-state index is -0.971. The highest BCUT2D eigenvalue weighted by Crippen LogP contribution is 2.34. The zero-order valence-corrected chi connectivity index (χ0v) is 19.1. The minimum absolute atomic E-state index is 0.409. The Morgan fingerprint density at radius 1 is 1.10 bits per heavy atom. The van der Waals surface area contributed by atoms with Crippen LogP contribution in [0.15, 0.2) is 46.9 Å². The summed E-state index contributed by atoms with van der Waals surface area (Å²) in [5.74, 6) is 2.21. The third-order valence-electron chi connectivity index (χ3n) is 5.36. The first-order valence-electron chi connectivity index (χ1n) is 10.5. The maximum Gasteiger partial charge on any atom is 0.408 e. The zero-order valence-electron chi connectivity index (χ0n) is 19.1. The molecule has 166 valence electrons. The van der Waals surface area contributed by atoms with E-state index in [0.717, 1.165) is 33.6 Å². The third-order valence-corrected chi connectivity index (χ3v) is 5.36. The van der Waals surface area contributed by atoms with Crippen LogP contribution in [0.3, 0.4) is 0 Å². The molecule has 0 saturated heterocycles. The van der Waals surface area contributed by atoms with Crippen LogP contribution in [-0.4, -0.2) is 28.2 Å². The van der Waals surface area contributed by atoms with Crippen molar-refractivity contribution in [1.29, 1.82) is 0 Å². The van der Waals surface area contributed by atoms with Crippen molar-refractivity contribution in [2.24, 2.45) is 0 Å². The van der Waals surface area contributed by atoms with Crippen molar-refractivity contribution in [2.75, 3.05) is 6.61 Å². The standard InChI is InChI=1S/C25H31NO5/c1-7-29-19-9-11-20(12-10-19)30-15-18-8-13-22-21(16(18)2)14-23(31-22)17(3)26(24(27)28)25(4,5)6/h8-14,17H,7,15H2,1-6H3,(H,27,28). The molecule has 31 heavy (non-hydrogen) atoms. The van der Waals surface area contributed by atoms with E-state index in [4.69, 9.17) is 13.9 Å². The molecule has 0 fully saturated rings. The van der Waals surface area contributed by atoms with Crippen LogP contribution in [0.1, 0.15) is 57.5 Å². The van der Waals surface area contributed by atoms with E-state index in [0.29, 0.717) is 19.0 Å². The average Bonchev–Trinajstić information content (AvgIpc) is 3.13. The van der Waals surface area contributed by atoms with Gasteiger partial charge in [0, 0.05) is 10.9 Å². The van der Waals surface area contributed by atoms with Gasteiger partial charge in [-0.1, -0.05) is 6.07 Å². The Kier molecular flexibility index (Phi) is 6.48. The van der Waals surface area contributed by atoms with Crippen LogP contribution in [0.2, 0.25) is 0 Å². The predicted molar refractivity (Wildman–Crippen MR) is 121 cm³/mol. The Hall–Kier alpha value is -3.15. The Labute approximate surface area is 183 Å². The number of carbonyl (C=O) groups is 1. The van der Waals surface area contributed by atoms with Crippen LogP contribution in [-0.2, 0) is 6.61 Å². The molecule has 0 aliphatic heterocycles. The number of hydrogen-bond acceptors (Lipinski definition) is 4. The molecule has 0 bridgehead atoms. The summed E-state index contributed by atoms with van der Waals surface area (Å²) in [7, 11) is 0. The van der Waals surface area contributed by atoms with E-state index in [2.05, 4.69) is 0 Å². The van der Waals surface area contributed by atoms with Gasteiger partial charge in [-0.15, -0.1) is 0 Å². The van der Waals surface area contributed by atoms with Crippen molar-refractivity contribution in [3.8, 4) is 11.5 Å². The zero-order chi connectivity index (χ0) is 22.8. The molecule has 3 aromatic rings. The minimum Gasteiger partial charge on any atom is -0.494 e. The molecule has 1 amide bonds. The number of furan rings is 1. The molecule has 1 heterocycles. The van der Waals surface area contributed by atoms with Crippen molar-refractivity contribution in [1.82, 2.24) is 4.90 Å². The first-order chi connectivity index (χ1) is 14.6. The molecule has 0 saturated carbocycles. The van der Waals surface area contributed by atoms with Gasteiger partial charge in [-0.25, -0.2) is 4.79 Å². The van der Waals surface area contributed by atoms with Gasteiger partial charge < -0.3 is 19.0 Å². The van der Waals surface area contributed by atoms with Gasteiger partial charge in [0.15, 0.2) is 0 Å². The molecule has 1 unspecified atom stereocenters. The van der Waals surface area contributed by atoms with E-state index < -0.39 is 17.7 Å². The fourth-order valence-corrected chi connectivity index (χ4v) is 3.80. The lowest BCUT2D eigenvalue weighted by atomic mass is 10.0. The molecule has 1 atom stereocenters.